The van der Waals surface area contributed by atoms with Crippen LogP contribution < -0.4 is 21.3 Å². The van der Waals surface area contributed by atoms with Gasteiger partial charge < -0.3 is 31.5 Å². The van der Waals surface area contributed by atoms with E-state index in [1.54, 1.807) is 0 Å². The molecule has 5 aliphatic rings. The predicted molar refractivity (Wildman–Crippen MR) is 191 cm³/mol. The number of ketones is 2. The van der Waals surface area contributed by atoms with Crippen LogP contribution in [0.3, 0.4) is 0 Å². The fourth-order valence-corrected chi connectivity index (χ4v) is 10.1. The average molecular weight is 729 g/mol. The molecule has 0 saturated heterocycles. The van der Waals surface area contributed by atoms with Crippen molar-refractivity contribution in [3.8, 4) is 0 Å². The summed E-state index contributed by atoms with van der Waals surface area (Å²) in [6.45, 7) is 1.38. The summed E-state index contributed by atoms with van der Waals surface area (Å²) in [6, 6.07) is 0.424. The molecule has 52 heavy (non-hydrogen) atoms. The third-order valence-electron chi connectivity index (χ3n) is 13.3. The van der Waals surface area contributed by atoms with Gasteiger partial charge in [-0.1, -0.05) is 0 Å². The highest BCUT2D eigenvalue weighted by atomic mass is 16.4. The lowest BCUT2D eigenvalue weighted by Gasteiger charge is -2.37. The van der Waals surface area contributed by atoms with E-state index in [0.717, 1.165) is 51.4 Å². The summed E-state index contributed by atoms with van der Waals surface area (Å²) in [7, 11) is 1.97. The molecule has 8 unspecified atom stereocenters. The summed E-state index contributed by atoms with van der Waals surface area (Å²) in [5.41, 5.74) is 0. The smallest absolute Gasteiger partial charge is 0.307 e. The Kier molecular flexibility index (Phi) is 13.9. The van der Waals surface area contributed by atoms with Crippen LogP contribution >= 0.6 is 0 Å². The van der Waals surface area contributed by atoms with Crippen LogP contribution in [0.1, 0.15) is 122 Å². The van der Waals surface area contributed by atoms with Gasteiger partial charge in [-0.2, -0.15) is 0 Å². The minimum Gasteiger partial charge on any atom is -0.481 e. The quantitative estimate of drug-likeness (QED) is 0.173. The number of hydrogen-bond donors (Lipinski definition) is 6. The van der Waals surface area contributed by atoms with Crippen molar-refractivity contribution in [2.24, 2.45) is 47.3 Å². The molecule has 13 nitrogen and oxygen atoms in total. The van der Waals surface area contributed by atoms with E-state index in [2.05, 4.69) is 21.3 Å². The van der Waals surface area contributed by atoms with Crippen LogP contribution in [0.5, 0.6) is 0 Å². The molecule has 0 aliphatic heterocycles. The Morgan fingerprint density at radius 2 is 0.865 bits per heavy atom. The molecule has 290 valence electrons. The van der Waals surface area contributed by atoms with Crippen LogP contribution in [0.4, 0.5) is 0 Å². The number of carboxylic acid groups (broad SMARTS) is 2. The van der Waals surface area contributed by atoms with E-state index in [0.29, 0.717) is 51.0 Å². The summed E-state index contributed by atoms with van der Waals surface area (Å²) >= 11 is 0. The van der Waals surface area contributed by atoms with Gasteiger partial charge >= 0.3 is 11.9 Å². The molecule has 5 saturated carbocycles. The third-order valence-corrected chi connectivity index (χ3v) is 13.3. The summed E-state index contributed by atoms with van der Waals surface area (Å²) in [6.07, 6.45) is 11.2. The zero-order chi connectivity index (χ0) is 37.5. The Morgan fingerprint density at radius 1 is 0.442 bits per heavy atom. The topological polar surface area (TPSA) is 208 Å². The van der Waals surface area contributed by atoms with Crippen molar-refractivity contribution in [2.75, 3.05) is 7.05 Å². The molecule has 0 heterocycles. The third kappa shape index (κ3) is 9.99. The molecule has 6 N–H and O–H groups in total. The Bertz CT molecular complexity index is 1340. The molecule has 5 fully saturated rings. The van der Waals surface area contributed by atoms with E-state index in [4.69, 9.17) is 0 Å². The minimum atomic E-state index is -1.12. The van der Waals surface area contributed by atoms with Gasteiger partial charge in [0.2, 0.25) is 17.7 Å². The highest BCUT2D eigenvalue weighted by Crippen LogP contribution is 2.41. The molecule has 3 amide bonds. The lowest BCUT2D eigenvalue weighted by Crippen LogP contribution is -2.50. The van der Waals surface area contributed by atoms with Crippen molar-refractivity contribution in [1.29, 1.82) is 0 Å². The van der Waals surface area contributed by atoms with Gasteiger partial charge in [-0.25, -0.2) is 0 Å². The van der Waals surface area contributed by atoms with E-state index in [9.17, 15) is 43.8 Å². The second-order valence-electron chi connectivity index (χ2n) is 16.6. The first-order chi connectivity index (χ1) is 24.8. The van der Waals surface area contributed by atoms with Gasteiger partial charge in [-0.3, -0.25) is 33.6 Å². The number of Topliss-reactive ketones (excluding diaryl/α,β-unsaturated/α-hetero) is 2. The second kappa shape index (κ2) is 18.1. The van der Waals surface area contributed by atoms with Crippen molar-refractivity contribution in [3.63, 3.8) is 0 Å². The van der Waals surface area contributed by atoms with E-state index < -0.39 is 47.4 Å². The number of carbonyl (C=O) groups is 7. The van der Waals surface area contributed by atoms with Gasteiger partial charge in [0.25, 0.3) is 0 Å². The molecule has 0 bridgehead atoms. The molecule has 0 radical (unpaired) electrons. The standard InChI is InChI=1S/C39H60N4O9/c1-21(44)30-16-10-24(18-32(30)38(49)50)34(45)25-11-17-31(33(19-25)39(51)52)37(48)41-27-14-8-23(9-15-27)36(47)43-29-5-3-4-28(20-29)42-35(46)22-6-12-26(40-2)13-7-22/h22-33,40H,3-20H2,1-2H3,(H,41,48)(H,42,46)(H,43,47)(H,49,50)(H,51,52). The molecule has 0 aromatic carbocycles. The van der Waals surface area contributed by atoms with Gasteiger partial charge in [0.1, 0.15) is 11.6 Å². The summed E-state index contributed by atoms with van der Waals surface area (Å²) < 4.78 is 0. The zero-order valence-corrected chi connectivity index (χ0v) is 30.9. The SMILES string of the molecule is CNC1CCC(C(=O)NC2CCCC(NC(=O)C3CCC(NC(=O)C4CCC(C(=O)C5CCC(C(C)=O)C(C(=O)O)C5)CC4C(=O)O)CC3)C2)CC1. The highest BCUT2D eigenvalue weighted by molar-refractivity contribution is 5.90. The van der Waals surface area contributed by atoms with Crippen molar-refractivity contribution < 1.29 is 43.8 Å². The first-order valence-electron chi connectivity index (χ1n) is 19.9. The molecule has 0 aromatic rings. The summed E-state index contributed by atoms with van der Waals surface area (Å²) in [5.74, 6) is -7.24. The van der Waals surface area contributed by atoms with Crippen LogP contribution in [0.25, 0.3) is 0 Å². The lowest BCUT2D eigenvalue weighted by atomic mass is 9.66. The fraction of sp³-hybridized carbons (Fsp3) is 0.821. The van der Waals surface area contributed by atoms with Crippen LogP contribution in [0.15, 0.2) is 0 Å². The number of carbonyl (C=O) groups excluding carboxylic acids is 5. The predicted octanol–water partition coefficient (Wildman–Crippen LogP) is 3.38. The second-order valence-corrected chi connectivity index (χ2v) is 16.6. The Labute approximate surface area is 306 Å². The first-order valence-corrected chi connectivity index (χ1v) is 19.9. The zero-order valence-electron chi connectivity index (χ0n) is 30.9. The average Bonchev–Trinajstić information content (AvgIpc) is 3.14. The fourth-order valence-electron chi connectivity index (χ4n) is 10.1. The first kappa shape index (κ1) is 39.8. The largest absolute Gasteiger partial charge is 0.481 e. The van der Waals surface area contributed by atoms with Crippen molar-refractivity contribution >= 4 is 41.2 Å². The van der Waals surface area contributed by atoms with Crippen molar-refractivity contribution in [3.05, 3.63) is 0 Å². The summed E-state index contributed by atoms with van der Waals surface area (Å²) in [5, 5.41) is 32.6. The van der Waals surface area contributed by atoms with Gasteiger partial charge in [-0.05, 0) is 130 Å². The van der Waals surface area contributed by atoms with E-state index in [1.807, 2.05) is 7.05 Å². The van der Waals surface area contributed by atoms with Gasteiger partial charge in [-0.15, -0.1) is 0 Å². The molecule has 0 aromatic heterocycles. The minimum absolute atomic E-state index is 0.0190. The van der Waals surface area contributed by atoms with E-state index in [-0.39, 0.29) is 78.5 Å². The lowest BCUT2D eigenvalue weighted by molar-refractivity contribution is -0.152. The summed E-state index contributed by atoms with van der Waals surface area (Å²) in [4.78, 5) is 89.3. The molecular weight excluding hydrogens is 668 g/mol. The van der Waals surface area contributed by atoms with Crippen LogP contribution in [0, 0.1) is 47.3 Å². The normalized spacial score (nSPS) is 36.8. The maximum absolute atomic E-state index is 13.5. The van der Waals surface area contributed by atoms with Crippen LogP contribution in [0.2, 0.25) is 0 Å². The van der Waals surface area contributed by atoms with Gasteiger partial charge in [0.15, 0.2) is 0 Å². The Hall–Kier alpha value is -3.35. The van der Waals surface area contributed by atoms with Crippen LogP contribution in [-0.4, -0.2) is 82.7 Å². The van der Waals surface area contributed by atoms with Crippen LogP contribution in [-0.2, 0) is 33.6 Å². The Morgan fingerprint density at radius 3 is 1.33 bits per heavy atom. The molecule has 5 rings (SSSR count). The molecule has 8 atom stereocenters. The van der Waals surface area contributed by atoms with Crippen molar-refractivity contribution in [2.45, 2.75) is 147 Å². The van der Waals surface area contributed by atoms with Gasteiger partial charge in [0, 0.05) is 53.8 Å². The maximum atomic E-state index is 13.5. The number of carboxylic acids is 2. The highest BCUT2D eigenvalue weighted by Gasteiger charge is 2.46. The van der Waals surface area contributed by atoms with E-state index >= 15 is 0 Å². The number of amides is 3. The van der Waals surface area contributed by atoms with Crippen molar-refractivity contribution in [1.82, 2.24) is 21.3 Å². The number of nitrogens with one attached hydrogen (secondary N) is 4. The number of rotatable bonds is 12. The molecule has 0 spiro atoms. The number of hydrogen-bond acceptors (Lipinski definition) is 8. The molecule has 5 aliphatic carbocycles. The maximum Gasteiger partial charge on any atom is 0.307 e. The Balaban J connectivity index is 1.04. The van der Waals surface area contributed by atoms with Gasteiger partial charge in [0.05, 0.1) is 17.8 Å². The molecule has 13 heteroatoms. The monoisotopic (exact) mass is 728 g/mol. The van der Waals surface area contributed by atoms with E-state index in [1.165, 1.54) is 6.92 Å². The number of aliphatic carboxylic acids is 2. The molecular formula is C39H60N4O9.